The van der Waals surface area contributed by atoms with Crippen LogP contribution in [0.25, 0.3) is 11.3 Å². The first-order valence-corrected chi connectivity index (χ1v) is 6.01. The van der Waals surface area contributed by atoms with Crippen LogP contribution in [0.3, 0.4) is 0 Å². The molecule has 0 aliphatic heterocycles. The minimum Gasteiger partial charge on any atom is -0.497 e. The summed E-state index contributed by atoms with van der Waals surface area (Å²) in [7, 11) is 1.65. The molecule has 0 aliphatic carbocycles. The van der Waals surface area contributed by atoms with Crippen molar-refractivity contribution in [1.82, 2.24) is 10.3 Å². The van der Waals surface area contributed by atoms with Gasteiger partial charge in [0.05, 0.1) is 7.11 Å². The maximum Gasteiger partial charge on any atom is 0.181 e. The van der Waals surface area contributed by atoms with Gasteiger partial charge in [-0.05, 0) is 12.1 Å². The zero-order chi connectivity index (χ0) is 13.0. The van der Waals surface area contributed by atoms with Gasteiger partial charge in [0, 0.05) is 18.2 Å². The van der Waals surface area contributed by atoms with Crippen molar-refractivity contribution in [1.29, 1.82) is 0 Å². The Bertz CT molecular complexity index is 506. The van der Waals surface area contributed by atoms with Crippen LogP contribution in [0.15, 0.2) is 35.1 Å². The lowest BCUT2D eigenvalue weighted by molar-refractivity contribution is 0.415. The molecule has 1 aromatic carbocycles. The fourth-order valence-corrected chi connectivity index (χ4v) is 1.70. The van der Waals surface area contributed by atoms with Crippen molar-refractivity contribution >= 4 is 0 Å². The van der Waals surface area contributed by atoms with Crippen LogP contribution in [0.5, 0.6) is 5.75 Å². The fourth-order valence-electron chi connectivity index (χ4n) is 1.70. The van der Waals surface area contributed by atoms with E-state index in [0.29, 0.717) is 12.6 Å². The zero-order valence-corrected chi connectivity index (χ0v) is 10.9. The summed E-state index contributed by atoms with van der Waals surface area (Å²) in [5.41, 5.74) is 1.89. The first-order valence-electron chi connectivity index (χ1n) is 6.01. The van der Waals surface area contributed by atoms with Crippen molar-refractivity contribution in [3.8, 4) is 17.1 Å². The van der Waals surface area contributed by atoms with E-state index in [9.17, 15) is 0 Å². The lowest BCUT2D eigenvalue weighted by Gasteiger charge is -2.07. The molecule has 0 atom stereocenters. The smallest absolute Gasteiger partial charge is 0.181 e. The summed E-state index contributed by atoms with van der Waals surface area (Å²) in [6.07, 6.45) is 1.48. The number of hydrogen-bond acceptors (Lipinski definition) is 4. The topological polar surface area (TPSA) is 47.3 Å². The molecule has 1 aromatic heterocycles. The minimum atomic E-state index is 0.417. The summed E-state index contributed by atoms with van der Waals surface area (Å²) in [4.78, 5) is 4.25. The van der Waals surface area contributed by atoms with E-state index >= 15 is 0 Å². The molecule has 0 aliphatic rings. The average molecular weight is 246 g/mol. The van der Waals surface area contributed by atoms with Gasteiger partial charge in [-0.2, -0.15) is 0 Å². The Balaban J connectivity index is 2.24. The van der Waals surface area contributed by atoms with Crippen molar-refractivity contribution in [3.05, 3.63) is 36.4 Å². The first-order chi connectivity index (χ1) is 8.70. The van der Waals surface area contributed by atoms with Gasteiger partial charge in [0.25, 0.3) is 0 Å². The molecule has 4 nitrogen and oxygen atoms in total. The van der Waals surface area contributed by atoms with E-state index in [1.165, 1.54) is 6.39 Å². The largest absolute Gasteiger partial charge is 0.497 e. The van der Waals surface area contributed by atoms with Crippen molar-refractivity contribution in [2.24, 2.45) is 0 Å². The van der Waals surface area contributed by atoms with E-state index in [2.05, 4.69) is 24.1 Å². The quantitative estimate of drug-likeness (QED) is 0.881. The number of benzene rings is 1. The van der Waals surface area contributed by atoms with Gasteiger partial charge in [0.1, 0.15) is 11.4 Å². The Labute approximate surface area is 107 Å². The van der Waals surface area contributed by atoms with Crippen molar-refractivity contribution in [2.45, 2.75) is 26.4 Å². The van der Waals surface area contributed by atoms with E-state index in [4.69, 9.17) is 9.15 Å². The monoisotopic (exact) mass is 246 g/mol. The lowest BCUT2D eigenvalue weighted by atomic mass is 10.1. The molecule has 0 unspecified atom stereocenters. The van der Waals surface area contributed by atoms with Gasteiger partial charge in [-0.25, -0.2) is 4.98 Å². The first kappa shape index (κ1) is 12.6. The summed E-state index contributed by atoms with van der Waals surface area (Å²) in [5, 5.41) is 3.33. The molecular formula is C14H18N2O2. The zero-order valence-electron chi connectivity index (χ0n) is 10.9. The number of nitrogens with zero attached hydrogens (tertiary/aromatic N) is 1. The van der Waals surface area contributed by atoms with Crippen LogP contribution in [-0.4, -0.2) is 18.1 Å². The number of ether oxygens (including phenoxy) is 1. The molecular weight excluding hydrogens is 228 g/mol. The number of methoxy groups -OCH3 is 1. The highest BCUT2D eigenvalue weighted by molar-refractivity contribution is 5.61. The van der Waals surface area contributed by atoms with Gasteiger partial charge in [-0.3, -0.25) is 0 Å². The van der Waals surface area contributed by atoms with Gasteiger partial charge >= 0.3 is 0 Å². The summed E-state index contributed by atoms with van der Waals surface area (Å²) in [6, 6.07) is 8.20. The molecule has 0 saturated heterocycles. The molecule has 0 amide bonds. The van der Waals surface area contributed by atoms with Crippen LogP contribution in [0.1, 0.15) is 19.5 Å². The highest BCUT2D eigenvalue weighted by atomic mass is 16.5. The van der Waals surface area contributed by atoms with Crippen LogP contribution < -0.4 is 10.1 Å². The highest BCUT2D eigenvalue weighted by Crippen LogP contribution is 2.26. The van der Waals surface area contributed by atoms with Crippen molar-refractivity contribution < 1.29 is 9.15 Å². The van der Waals surface area contributed by atoms with E-state index in [0.717, 1.165) is 22.8 Å². The summed E-state index contributed by atoms with van der Waals surface area (Å²) in [6.45, 7) is 4.90. The van der Waals surface area contributed by atoms with Crippen LogP contribution in [-0.2, 0) is 6.54 Å². The molecule has 4 heteroatoms. The van der Waals surface area contributed by atoms with Gasteiger partial charge in [0.15, 0.2) is 12.2 Å². The standard InChI is InChI=1S/C14H18N2O2/c1-10(2)15-8-13-14(18-9-16-13)11-5-4-6-12(7-11)17-3/h4-7,9-10,15H,8H2,1-3H3. The predicted octanol–water partition coefficient (Wildman–Crippen LogP) is 2.85. The number of rotatable bonds is 5. The Morgan fingerprint density at radius 3 is 2.94 bits per heavy atom. The Morgan fingerprint density at radius 2 is 2.22 bits per heavy atom. The van der Waals surface area contributed by atoms with Gasteiger partial charge in [0.2, 0.25) is 0 Å². The predicted molar refractivity (Wildman–Crippen MR) is 70.5 cm³/mol. The molecule has 1 heterocycles. The molecule has 1 N–H and O–H groups in total. The second kappa shape index (κ2) is 5.69. The maximum atomic E-state index is 5.48. The van der Waals surface area contributed by atoms with Gasteiger partial charge in [-0.15, -0.1) is 0 Å². The second-order valence-electron chi connectivity index (χ2n) is 4.40. The third-order valence-electron chi connectivity index (χ3n) is 2.65. The molecule has 18 heavy (non-hydrogen) atoms. The molecule has 0 spiro atoms. The molecule has 0 bridgehead atoms. The Hall–Kier alpha value is -1.81. The summed E-state index contributed by atoms with van der Waals surface area (Å²) >= 11 is 0. The lowest BCUT2D eigenvalue weighted by Crippen LogP contribution is -2.22. The number of aromatic nitrogens is 1. The SMILES string of the molecule is COc1cccc(-c2ocnc2CNC(C)C)c1. The molecule has 2 aromatic rings. The molecule has 0 saturated carbocycles. The van der Waals surface area contributed by atoms with Crippen molar-refractivity contribution in [3.63, 3.8) is 0 Å². The number of nitrogens with one attached hydrogen (secondary N) is 1. The highest BCUT2D eigenvalue weighted by Gasteiger charge is 2.11. The van der Waals surface area contributed by atoms with Crippen LogP contribution in [0, 0.1) is 0 Å². The summed E-state index contributed by atoms with van der Waals surface area (Å²) < 4.78 is 10.7. The normalized spacial score (nSPS) is 10.9. The van der Waals surface area contributed by atoms with Gasteiger partial charge in [-0.1, -0.05) is 26.0 Å². The van der Waals surface area contributed by atoms with E-state index in [1.807, 2.05) is 24.3 Å². The molecule has 2 rings (SSSR count). The second-order valence-corrected chi connectivity index (χ2v) is 4.40. The van der Waals surface area contributed by atoms with Crippen LogP contribution >= 0.6 is 0 Å². The maximum absolute atomic E-state index is 5.48. The number of hydrogen-bond donors (Lipinski definition) is 1. The third-order valence-corrected chi connectivity index (χ3v) is 2.65. The van der Waals surface area contributed by atoms with E-state index < -0.39 is 0 Å². The Morgan fingerprint density at radius 1 is 1.39 bits per heavy atom. The summed E-state index contributed by atoms with van der Waals surface area (Å²) in [5.74, 6) is 1.61. The Kier molecular flexibility index (Phi) is 3.99. The average Bonchev–Trinajstić information content (AvgIpc) is 2.84. The van der Waals surface area contributed by atoms with Gasteiger partial charge < -0.3 is 14.5 Å². The minimum absolute atomic E-state index is 0.417. The van der Waals surface area contributed by atoms with E-state index in [1.54, 1.807) is 7.11 Å². The fraction of sp³-hybridized carbons (Fsp3) is 0.357. The van der Waals surface area contributed by atoms with E-state index in [-0.39, 0.29) is 0 Å². The number of oxazole rings is 1. The molecule has 0 radical (unpaired) electrons. The molecule has 96 valence electrons. The third kappa shape index (κ3) is 2.90. The molecule has 0 fully saturated rings. The van der Waals surface area contributed by atoms with Crippen LogP contribution in [0.4, 0.5) is 0 Å². The van der Waals surface area contributed by atoms with Crippen molar-refractivity contribution in [2.75, 3.05) is 7.11 Å². The van der Waals surface area contributed by atoms with Crippen LogP contribution in [0.2, 0.25) is 0 Å².